The fourth-order valence-corrected chi connectivity index (χ4v) is 2.22. The number of nitrogens with zero attached hydrogens (tertiary/aromatic N) is 1. The zero-order valence-corrected chi connectivity index (χ0v) is 10.6. The van der Waals surface area contributed by atoms with Crippen molar-refractivity contribution in [2.75, 3.05) is 11.9 Å². The van der Waals surface area contributed by atoms with Crippen LogP contribution < -0.4 is 5.32 Å². The van der Waals surface area contributed by atoms with E-state index in [0.29, 0.717) is 3.57 Å². The molecule has 0 atom stereocenters. The Morgan fingerprint density at radius 3 is 2.69 bits per heavy atom. The van der Waals surface area contributed by atoms with Gasteiger partial charge in [-0.3, -0.25) is 10.1 Å². The molecule has 1 aliphatic rings. The molecule has 6 heteroatoms. The number of nitro benzene ring substituents is 1. The van der Waals surface area contributed by atoms with Crippen molar-refractivity contribution < 1.29 is 10.0 Å². The van der Waals surface area contributed by atoms with Crippen molar-refractivity contribution >= 4 is 34.0 Å². The highest BCUT2D eigenvalue weighted by Crippen LogP contribution is 2.39. The summed E-state index contributed by atoms with van der Waals surface area (Å²) in [5, 5.41) is 23.0. The van der Waals surface area contributed by atoms with E-state index >= 15 is 0 Å². The minimum Gasteiger partial charge on any atom is -0.394 e. The van der Waals surface area contributed by atoms with Gasteiger partial charge in [0.1, 0.15) is 0 Å². The van der Waals surface area contributed by atoms with E-state index in [9.17, 15) is 10.1 Å². The lowest BCUT2D eigenvalue weighted by Gasteiger charge is -2.15. The molecular weight excluding hydrogens is 323 g/mol. The highest BCUT2D eigenvalue weighted by atomic mass is 127. The van der Waals surface area contributed by atoms with E-state index in [0.717, 1.165) is 18.5 Å². The summed E-state index contributed by atoms with van der Waals surface area (Å²) in [6.45, 7) is 0.0978. The number of hydrogen-bond acceptors (Lipinski definition) is 4. The Hall–Kier alpha value is -0.890. The van der Waals surface area contributed by atoms with Crippen molar-refractivity contribution in [1.82, 2.24) is 0 Å². The molecule has 1 aliphatic carbocycles. The van der Waals surface area contributed by atoms with Crippen LogP contribution in [0.25, 0.3) is 0 Å². The van der Waals surface area contributed by atoms with E-state index in [1.807, 2.05) is 22.6 Å². The highest BCUT2D eigenvalue weighted by Gasteiger charge is 2.42. The molecule has 1 fully saturated rings. The van der Waals surface area contributed by atoms with Crippen LogP contribution in [0.15, 0.2) is 18.2 Å². The lowest BCUT2D eigenvalue weighted by molar-refractivity contribution is -0.385. The molecule has 5 nitrogen and oxygen atoms in total. The Labute approximate surface area is 106 Å². The fourth-order valence-electron chi connectivity index (χ4n) is 1.51. The van der Waals surface area contributed by atoms with Gasteiger partial charge in [-0.25, -0.2) is 0 Å². The SMILES string of the molecule is O=[N+]([O-])c1ccc(NC2(CO)CC2)cc1I. The predicted octanol–water partition coefficient (Wildman–Crippen LogP) is 2.14. The molecule has 0 bridgehead atoms. The Balaban J connectivity index is 2.18. The summed E-state index contributed by atoms with van der Waals surface area (Å²) in [4.78, 5) is 10.2. The number of nitro groups is 1. The van der Waals surface area contributed by atoms with Crippen molar-refractivity contribution in [2.24, 2.45) is 0 Å². The zero-order valence-electron chi connectivity index (χ0n) is 8.44. The van der Waals surface area contributed by atoms with E-state index in [1.165, 1.54) is 6.07 Å². The summed E-state index contributed by atoms with van der Waals surface area (Å²) in [6, 6.07) is 4.89. The average molecular weight is 334 g/mol. The third-order valence-electron chi connectivity index (χ3n) is 2.71. The second-order valence-corrected chi connectivity index (χ2v) is 5.15. The quantitative estimate of drug-likeness (QED) is 0.503. The maximum Gasteiger partial charge on any atom is 0.282 e. The lowest BCUT2D eigenvalue weighted by Crippen LogP contribution is -2.25. The average Bonchev–Trinajstić information content (AvgIpc) is 2.98. The number of hydrogen-bond donors (Lipinski definition) is 2. The van der Waals surface area contributed by atoms with Crippen molar-refractivity contribution in [3.63, 3.8) is 0 Å². The van der Waals surface area contributed by atoms with Gasteiger partial charge in [-0.1, -0.05) is 0 Å². The molecule has 0 heterocycles. The van der Waals surface area contributed by atoms with E-state index in [-0.39, 0.29) is 17.8 Å². The van der Waals surface area contributed by atoms with E-state index in [4.69, 9.17) is 5.11 Å². The maximum atomic E-state index is 10.6. The van der Waals surface area contributed by atoms with E-state index < -0.39 is 4.92 Å². The standard InChI is InChI=1S/C10H11IN2O3/c11-8-5-7(1-2-9(8)13(15)16)12-10(6-14)3-4-10/h1-2,5,12,14H,3-4,6H2. The Morgan fingerprint density at radius 2 is 2.25 bits per heavy atom. The van der Waals surface area contributed by atoms with Gasteiger partial charge < -0.3 is 10.4 Å². The van der Waals surface area contributed by atoms with E-state index in [1.54, 1.807) is 12.1 Å². The molecule has 2 N–H and O–H groups in total. The maximum absolute atomic E-state index is 10.6. The second kappa shape index (κ2) is 4.17. The molecule has 1 saturated carbocycles. The van der Waals surface area contributed by atoms with Gasteiger partial charge in [-0.05, 0) is 47.6 Å². The third kappa shape index (κ3) is 2.27. The second-order valence-electron chi connectivity index (χ2n) is 3.99. The van der Waals surface area contributed by atoms with Crippen LogP contribution in [0, 0.1) is 13.7 Å². The Kier molecular flexibility index (Phi) is 3.02. The van der Waals surface area contributed by atoms with Gasteiger partial charge in [0.25, 0.3) is 5.69 Å². The first-order valence-corrected chi connectivity index (χ1v) is 5.97. The fraction of sp³-hybridized carbons (Fsp3) is 0.400. The summed E-state index contributed by atoms with van der Waals surface area (Å²) >= 11 is 1.94. The minimum atomic E-state index is -0.398. The summed E-state index contributed by atoms with van der Waals surface area (Å²) in [7, 11) is 0. The van der Waals surface area contributed by atoms with Gasteiger partial charge in [0.15, 0.2) is 0 Å². The van der Waals surface area contributed by atoms with Crippen LogP contribution in [-0.4, -0.2) is 22.2 Å². The number of halogens is 1. The minimum absolute atomic E-state index is 0.0978. The van der Waals surface area contributed by atoms with Gasteiger partial charge in [0.2, 0.25) is 0 Å². The predicted molar refractivity (Wildman–Crippen MR) is 68.5 cm³/mol. The van der Waals surface area contributed by atoms with Crippen LogP contribution in [-0.2, 0) is 0 Å². The van der Waals surface area contributed by atoms with E-state index in [2.05, 4.69) is 5.32 Å². The number of aliphatic hydroxyl groups excluding tert-OH is 1. The first-order valence-electron chi connectivity index (χ1n) is 4.89. The van der Waals surface area contributed by atoms with Gasteiger partial charge >= 0.3 is 0 Å². The zero-order chi connectivity index (χ0) is 11.8. The first kappa shape index (κ1) is 11.6. The molecular formula is C10H11IN2O3. The lowest BCUT2D eigenvalue weighted by atomic mass is 10.2. The number of aliphatic hydroxyl groups is 1. The summed E-state index contributed by atoms with van der Waals surface area (Å²) in [5.41, 5.74) is 0.737. The Bertz CT molecular complexity index is 432. The molecule has 1 aromatic rings. The third-order valence-corrected chi connectivity index (χ3v) is 3.57. The van der Waals surface area contributed by atoms with Crippen molar-refractivity contribution in [2.45, 2.75) is 18.4 Å². The van der Waals surface area contributed by atoms with Gasteiger partial charge in [0.05, 0.1) is 20.6 Å². The number of benzene rings is 1. The normalized spacial score (nSPS) is 16.9. The first-order chi connectivity index (χ1) is 7.56. The molecule has 2 rings (SSSR count). The molecule has 1 aromatic carbocycles. The monoisotopic (exact) mass is 334 g/mol. The highest BCUT2D eigenvalue weighted by molar-refractivity contribution is 14.1. The summed E-state index contributed by atoms with van der Waals surface area (Å²) < 4.78 is 0.598. The molecule has 0 amide bonds. The smallest absolute Gasteiger partial charge is 0.282 e. The largest absolute Gasteiger partial charge is 0.394 e. The topological polar surface area (TPSA) is 75.4 Å². The molecule has 0 aromatic heterocycles. The van der Waals surface area contributed by atoms with Crippen molar-refractivity contribution in [1.29, 1.82) is 0 Å². The molecule has 0 spiro atoms. The number of nitrogens with one attached hydrogen (secondary N) is 1. The van der Waals surface area contributed by atoms with Gasteiger partial charge in [0, 0.05) is 11.8 Å². The molecule has 86 valence electrons. The van der Waals surface area contributed by atoms with Crippen LogP contribution in [0.5, 0.6) is 0 Å². The molecule has 0 unspecified atom stereocenters. The van der Waals surface area contributed by atoms with Crippen LogP contribution >= 0.6 is 22.6 Å². The van der Waals surface area contributed by atoms with Crippen molar-refractivity contribution in [3.05, 3.63) is 31.9 Å². The number of rotatable bonds is 4. The molecule has 0 saturated heterocycles. The molecule has 16 heavy (non-hydrogen) atoms. The van der Waals surface area contributed by atoms with Gasteiger partial charge in [-0.15, -0.1) is 0 Å². The van der Waals surface area contributed by atoms with Crippen LogP contribution in [0.2, 0.25) is 0 Å². The van der Waals surface area contributed by atoms with Gasteiger partial charge in [-0.2, -0.15) is 0 Å². The Morgan fingerprint density at radius 1 is 1.56 bits per heavy atom. The van der Waals surface area contributed by atoms with Crippen molar-refractivity contribution in [3.8, 4) is 0 Å². The number of anilines is 1. The summed E-state index contributed by atoms with van der Waals surface area (Å²) in [6.07, 6.45) is 1.88. The summed E-state index contributed by atoms with van der Waals surface area (Å²) in [5.74, 6) is 0. The molecule has 0 aliphatic heterocycles. The molecule has 0 radical (unpaired) electrons. The van der Waals surface area contributed by atoms with Crippen LogP contribution in [0.4, 0.5) is 11.4 Å². The van der Waals surface area contributed by atoms with Crippen LogP contribution in [0.3, 0.4) is 0 Å². The van der Waals surface area contributed by atoms with Crippen LogP contribution in [0.1, 0.15) is 12.8 Å².